The summed E-state index contributed by atoms with van der Waals surface area (Å²) in [5.74, 6) is -1.72. The number of hydrogen-bond acceptors (Lipinski definition) is 5. The Labute approximate surface area is 93.6 Å². The number of hydrogen-bond donors (Lipinski definition) is 2. The average molecular weight is 256 g/mol. The highest BCUT2D eigenvalue weighted by Crippen LogP contribution is 2.35. The summed E-state index contributed by atoms with van der Waals surface area (Å²) in [6, 6.07) is 0. The largest absolute Gasteiger partial charge is 0.368 e. The van der Waals surface area contributed by atoms with Gasteiger partial charge in [-0.1, -0.05) is 34.8 Å². The van der Waals surface area contributed by atoms with Crippen LogP contribution in [0.25, 0.3) is 0 Å². The molecule has 6 nitrogen and oxygen atoms in total. The maximum atomic E-state index is 10.7. The molecule has 1 aromatic heterocycles. The Morgan fingerprint density at radius 1 is 1.21 bits per heavy atom. The minimum Gasteiger partial charge on any atom is -0.368 e. The number of aromatic nitrogens is 3. The van der Waals surface area contributed by atoms with Crippen LogP contribution in [-0.4, -0.2) is 20.9 Å². The number of alkyl halides is 3. The first-order valence-corrected chi connectivity index (χ1v) is 4.32. The number of amides is 1. The molecule has 76 valence electrons. The number of carbonyl (C=O) groups excluding carboxylic acids is 1. The van der Waals surface area contributed by atoms with Crippen LogP contribution in [0.1, 0.15) is 16.4 Å². The molecule has 0 aliphatic heterocycles. The molecule has 0 saturated carbocycles. The Hall–Kier alpha value is -0.850. The van der Waals surface area contributed by atoms with Crippen molar-refractivity contribution in [3.05, 3.63) is 11.6 Å². The first-order chi connectivity index (χ1) is 6.30. The minimum atomic E-state index is -1.87. The van der Waals surface area contributed by atoms with Gasteiger partial charge in [0.25, 0.3) is 5.91 Å². The molecule has 0 fully saturated rings. The van der Waals surface area contributed by atoms with Crippen molar-refractivity contribution in [1.29, 1.82) is 0 Å². The van der Waals surface area contributed by atoms with Crippen LogP contribution in [0.2, 0.25) is 0 Å². The van der Waals surface area contributed by atoms with Crippen molar-refractivity contribution in [2.24, 2.45) is 5.73 Å². The van der Waals surface area contributed by atoms with Crippen LogP contribution in [0.4, 0.5) is 5.95 Å². The number of carbonyl (C=O) groups is 1. The summed E-state index contributed by atoms with van der Waals surface area (Å²) >= 11 is 16.4. The highest BCUT2D eigenvalue weighted by Gasteiger charge is 2.28. The van der Waals surface area contributed by atoms with Crippen molar-refractivity contribution < 1.29 is 4.79 Å². The molecule has 0 spiro atoms. The van der Waals surface area contributed by atoms with Gasteiger partial charge in [0, 0.05) is 0 Å². The van der Waals surface area contributed by atoms with Gasteiger partial charge in [-0.05, 0) is 0 Å². The van der Waals surface area contributed by atoms with Gasteiger partial charge >= 0.3 is 0 Å². The molecule has 14 heavy (non-hydrogen) atoms. The standard InChI is InChI=1S/C5H4Cl3N5O/c6-5(7,8)3-11-2(1(9)14)12-4(10)13-3/h(H2,9,14)(H2,10,11,12,13). The number of anilines is 1. The Balaban J connectivity index is 3.28. The molecular weight excluding hydrogens is 252 g/mol. The SMILES string of the molecule is NC(=O)c1nc(N)nc(C(Cl)(Cl)Cl)n1. The second-order valence-electron chi connectivity index (χ2n) is 2.20. The van der Waals surface area contributed by atoms with Crippen LogP contribution in [0, 0.1) is 0 Å². The topological polar surface area (TPSA) is 108 Å². The second-order valence-corrected chi connectivity index (χ2v) is 4.48. The lowest BCUT2D eigenvalue weighted by Gasteiger charge is -2.09. The summed E-state index contributed by atoms with van der Waals surface area (Å²) in [6.07, 6.45) is 0. The van der Waals surface area contributed by atoms with E-state index in [4.69, 9.17) is 46.3 Å². The summed E-state index contributed by atoms with van der Waals surface area (Å²) < 4.78 is -1.87. The number of primary amides is 1. The molecular formula is C5H4Cl3N5O. The van der Waals surface area contributed by atoms with Gasteiger partial charge in [-0.3, -0.25) is 4.79 Å². The van der Waals surface area contributed by atoms with Crippen molar-refractivity contribution >= 4 is 46.7 Å². The summed E-state index contributed by atoms with van der Waals surface area (Å²) in [5, 5.41) is 0. The molecule has 0 aromatic carbocycles. The zero-order chi connectivity index (χ0) is 10.9. The molecule has 1 aromatic rings. The first-order valence-electron chi connectivity index (χ1n) is 3.19. The molecule has 0 aliphatic carbocycles. The Morgan fingerprint density at radius 2 is 1.79 bits per heavy atom. The van der Waals surface area contributed by atoms with Gasteiger partial charge < -0.3 is 11.5 Å². The maximum Gasteiger partial charge on any atom is 0.286 e. The van der Waals surface area contributed by atoms with Gasteiger partial charge in [0.2, 0.25) is 15.6 Å². The lowest BCUT2D eigenvalue weighted by atomic mass is 10.5. The lowest BCUT2D eigenvalue weighted by molar-refractivity contribution is 0.0990. The van der Waals surface area contributed by atoms with E-state index >= 15 is 0 Å². The van der Waals surface area contributed by atoms with E-state index in [9.17, 15) is 4.79 Å². The molecule has 0 bridgehead atoms. The minimum absolute atomic E-state index is 0.241. The molecule has 0 saturated heterocycles. The predicted octanol–water partition coefficient (Wildman–Crippen LogP) is 0.379. The predicted molar refractivity (Wildman–Crippen MR) is 52.0 cm³/mol. The third kappa shape index (κ3) is 2.57. The van der Waals surface area contributed by atoms with Crippen LogP contribution in [0.3, 0.4) is 0 Å². The zero-order valence-electron chi connectivity index (χ0n) is 6.54. The summed E-state index contributed by atoms with van der Waals surface area (Å²) in [6.45, 7) is 0. The van der Waals surface area contributed by atoms with E-state index in [2.05, 4.69) is 15.0 Å². The molecule has 1 amide bonds. The highest BCUT2D eigenvalue weighted by molar-refractivity contribution is 6.66. The Bertz CT molecular complexity index is 376. The third-order valence-electron chi connectivity index (χ3n) is 1.13. The number of nitrogens with two attached hydrogens (primary N) is 2. The van der Waals surface area contributed by atoms with Crippen LogP contribution in [-0.2, 0) is 3.79 Å². The summed E-state index contributed by atoms with van der Waals surface area (Å²) in [4.78, 5) is 21.2. The average Bonchev–Trinajstić information content (AvgIpc) is 2.01. The van der Waals surface area contributed by atoms with Crippen LogP contribution in [0.5, 0.6) is 0 Å². The first kappa shape index (κ1) is 11.2. The van der Waals surface area contributed by atoms with E-state index in [1.807, 2.05) is 0 Å². The molecule has 1 rings (SSSR count). The number of nitrogen functional groups attached to an aromatic ring is 1. The van der Waals surface area contributed by atoms with Gasteiger partial charge in [-0.25, -0.2) is 4.98 Å². The zero-order valence-corrected chi connectivity index (χ0v) is 8.81. The van der Waals surface area contributed by atoms with Gasteiger partial charge in [0.1, 0.15) is 0 Å². The van der Waals surface area contributed by atoms with Crippen molar-refractivity contribution in [1.82, 2.24) is 15.0 Å². The fourth-order valence-corrected chi connectivity index (χ4v) is 0.883. The van der Waals surface area contributed by atoms with Crippen molar-refractivity contribution in [3.63, 3.8) is 0 Å². The monoisotopic (exact) mass is 255 g/mol. The molecule has 4 N–H and O–H groups in total. The highest BCUT2D eigenvalue weighted by atomic mass is 35.6. The van der Waals surface area contributed by atoms with Crippen LogP contribution >= 0.6 is 34.8 Å². The smallest absolute Gasteiger partial charge is 0.286 e. The van der Waals surface area contributed by atoms with E-state index in [0.717, 1.165) is 0 Å². The number of rotatable bonds is 1. The van der Waals surface area contributed by atoms with E-state index in [1.54, 1.807) is 0 Å². The fourth-order valence-electron chi connectivity index (χ4n) is 0.629. The Kier molecular flexibility index (Phi) is 2.98. The van der Waals surface area contributed by atoms with E-state index in [0.29, 0.717) is 0 Å². The summed E-state index contributed by atoms with van der Waals surface area (Å²) in [5.41, 5.74) is 10.2. The van der Waals surface area contributed by atoms with Crippen molar-refractivity contribution in [2.45, 2.75) is 3.79 Å². The molecule has 1 heterocycles. The third-order valence-corrected chi connectivity index (χ3v) is 1.63. The molecule has 9 heteroatoms. The van der Waals surface area contributed by atoms with E-state index in [-0.39, 0.29) is 17.6 Å². The van der Waals surface area contributed by atoms with Gasteiger partial charge in [0.05, 0.1) is 0 Å². The van der Waals surface area contributed by atoms with E-state index < -0.39 is 9.70 Å². The molecule has 0 atom stereocenters. The van der Waals surface area contributed by atoms with Gasteiger partial charge in [-0.2, -0.15) is 9.97 Å². The Morgan fingerprint density at radius 3 is 2.21 bits per heavy atom. The lowest BCUT2D eigenvalue weighted by Crippen LogP contribution is -2.20. The number of nitrogens with zero attached hydrogens (tertiary/aromatic N) is 3. The maximum absolute atomic E-state index is 10.7. The van der Waals surface area contributed by atoms with Gasteiger partial charge in [-0.15, -0.1) is 0 Å². The quantitative estimate of drug-likeness (QED) is 0.706. The molecule has 0 unspecified atom stereocenters. The van der Waals surface area contributed by atoms with Gasteiger partial charge in [0.15, 0.2) is 5.82 Å². The van der Waals surface area contributed by atoms with Crippen molar-refractivity contribution in [3.8, 4) is 0 Å². The fraction of sp³-hybridized carbons (Fsp3) is 0.200. The second kappa shape index (κ2) is 3.72. The van der Waals surface area contributed by atoms with Crippen LogP contribution < -0.4 is 11.5 Å². The van der Waals surface area contributed by atoms with Crippen molar-refractivity contribution in [2.75, 3.05) is 5.73 Å². The number of halogens is 3. The molecule has 0 aliphatic rings. The van der Waals surface area contributed by atoms with E-state index in [1.165, 1.54) is 0 Å². The normalized spacial score (nSPS) is 11.4. The summed E-state index contributed by atoms with van der Waals surface area (Å²) in [7, 11) is 0. The molecule has 0 radical (unpaired) electrons. The van der Waals surface area contributed by atoms with Crippen LogP contribution in [0.15, 0.2) is 0 Å².